The Morgan fingerprint density at radius 2 is 1.79 bits per heavy atom. The van der Waals surface area contributed by atoms with Crippen LogP contribution in [0.2, 0.25) is 0 Å². The van der Waals surface area contributed by atoms with Gasteiger partial charge in [0.15, 0.2) is 0 Å². The van der Waals surface area contributed by atoms with Gasteiger partial charge in [-0.25, -0.2) is 4.79 Å². The third-order valence-electron chi connectivity index (χ3n) is 3.21. The van der Waals surface area contributed by atoms with Crippen molar-refractivity contribution in [2.45, 2.75) is 51.6 Å². The number of hydrogen-bond donors (Lipinski definition) is 0. The van der Waals surface area contributed by atoms with Crippen LogP contribution in [0, 0.1) is 5.92 Å². The van der Waals surface area contributed by atoms with Crippen molar-refractivity contribution in [1.29, 1.82) is 0 Å². The molecule has 1 fully saturated rings. The summed E-state index contributed by atoms with van der Waals surface area (Å²) in [6, 6.07) is 0. The van der Waals surface area contributed by atoms with E-state index in [0.717, 1.165) is 25.7 Å². The molecule has 0 saturated heterocycles. The number of ether oxygens (including phenoxy) is 2. The van der Waals surface area contributed by atoms with Crippen molar-refractivity contribution in [1.82, 2.24) is 0 Å². The highest BCUT2D eigenvalue weighted by molar-refractivity contribution is 5.60. The standard InChI is InChI=1S/C11H20O3/c1-9(2)11(14-10(12)13-3)7-5-4-6-8-11/h9H,4-8H2,1-3H3. The van der Waals surface area contributed by atoms with Crippen molar-refractivity contribution in [2.75, 3.05) is 7.11 Å². The summed E-state index contributed by atoms with van der Waals surface area (Å²) in [6.07, 6.45) is 4.95. The number of methoxy groups -OCH3 is 1. The third kappa shape index (κ3) is 2.40. The molecule has 1 saturated carbocycles. The van der Waals surface area contributed by atoms with Gasteiger partial charge in [0.25, 0.3) is 0 Å². The summed E-state index contributed by atoms with van der Waals surface area (Å²) in [5, 5.41) is 0. The molecule has 0 N–H and O–H groups in total. The van der Waals surface area contributed by atoms with E-state index < -0.39 is 6.16 Å². The maximum Gasteiger partial charge on any atom is 0.508 e. The second-order valence-corrected chi connectivity index (χ2v) is 4.34. The van der Waals surface area contributed by atoms with Gasteiger partial charge in [-0.3, -0.25) is 0 Å². The van der Waals surface area contributed by atoms with Crippen LogP contribution in [0.4, 0.5) is 4.79 Å². The zero-order chi connectivity index (χ0) is 10.6. The van der Waals surface area contributed by atoms with Gasteiger partial charge in [0, 0.05) is 0 Å². The molecule has 0 aromatic heterocycles. The molecule has 1 aliphatic carbocycles. The second-order valence-electron chi connectivity index (χ2n) is 4.34. The SMILES string of the molecule is COC(=O)OC1(C(C)C)CCCCC1. The highest BCUT2D eigenvalue weighted by Gasteiger charge is 2.39. The normalized spacial score (nSPS) is 20.6. The van der Waals surface area contributed by atoms with Crippen molar-refractivity contribution in [2.24, 2.45) is 5.92 Å². The summed E-state index contributed by atoms with van der Waals surface area (Å²) in [4.78, 5) is 11.1. The molecule has 0 bridgehead atoms. The van der Waals surface area contributed by atoms with Crippen molar-refractivity contribution in [3.63, 3.8) is 0 Å². The molecule has 3 nitrogen and oxygen atoms in total. The Bertz CT molecular complexity index is 193. The molecule has 3 heteroatoms. The summed E-state index contributed by atoms with van der Waals surface area (Å²) >= 11 is 0. The van der Waals surface area contributed by atoms with E-state index in [9.17, 15) is 4.79 Å². The van der Waals surface area contributed by atoms with Gasteiger partial charge in [-0.1, -0.05) is 20.3 Å². The predicted octanol–water partition coefficient (Wildman–Crippen LogP) is 3.13. The molecule has 1 aliphatic rings. The minimum Gasteiger partial charge on any atom is -0.438 e. The topological polar surface area (TPSA) is 35.5 Å². The van der Waals surface area contributed by atoms with E-state index >= 15 is 0 Å². The van der Waals surface area contributed by atoms with Gasteiger partial charge in [-0.2, -0.15) is 0 Å². The average molecular weight is 200 g/mol. The summed E-state index contributed by atoms with van der Waals surface area (Å²) in [7, 11) is 1.36. The Morgan fingerprint density at radius 1 is 1.21 bits per heavy atom. The highest BCUT2D eigenvalue weighted by atomic mass is 16.7. The van der Waals surface area contributed by atoms with Crippen LogP contribution in [-0.4, -0.2) is 18.9 Å². The van der Waals surface area contributed by atoms with Crippen LogP contribution >= 0.6 is 0 Å². The van der Waals surface area contributed by atoms with Gasteiger partial charge in [-0.15, -0.1) is 0 Å². The number of carbonyl (C=O) groups is 1. The molecule has 0 amide bonds. The number of hydrogen-bond acceptors (Lipinski definition) is 3. The molecule has 0 aliphatic heterocycles. The smallest absolute Gasteiger partial charge is 0.438 e. The van der Waals surface area contributed by atoms with Gasteiger partial charge in [0.1, 0.15) is 5.60 Å². The monoisotopic (exact) mass is 200 g/mol. The van der Waals surface area contributed by atoms with Gasteiger partial charge >= 0.3 is 6.16 Å². The lowest BCUT2D eigenvalue weighted by Crippen LogP contribution is -2.42. The maximum absolute atomic E-state index is 11.1. The molecule has 0 aromatic rings. The first-order valence-corrected chi connectivity index (χ1v) is 5.38. The summed E-state index contributed by atoms with van der Waals surface area (Å²) < 4.78 is 10.00. The first-order chi connectivity index (χ1) is 6.60. The van der Waals surface area contributed by atoms with Crippen LogP contribution < -0.4 is 0 Å². The molecule has 82 valence electrons. The quantitative estimate of drug-likeness (QED) is 0.642. The van der Waals surface area contributed by atoms with Gasteiger partial charge in [-0.05, 0) is 31.6 Å². The van der Waals surface area contributed by atoms with E-state index in [1.54, 1.807) is 0 Å². The first kappa shape index (κ1) is 11.3. The molecular formula is C11H20O3. The van der Waals surface area contributed by atoms with Crippen LogP contribution in [-0.2, 0) is 9.47 Å². The van der Waals surface area contributed by atoms with Crippen LogP contribution in [0.3, 0.4) is 0 Å². The van der Waals surface area contributed by atoms with Crippen molar-refractivity contribution < 1.29 is 14.3 Å². The summed E-state index contributed by atoms with van der Waals surface area (Å²) in [6.45, 7) is 4.21. The predicted molar refractivity (Wildman–Crippen MR) is 54.1 cm³/mol. The summed E-state index contributed by atoms with van der Waals surface area (Å²) in [5.74, 6) is 0.363. The van der Waals surface area contributed by atoms with E-state index in [4.69, 9.17) is 4.74 Å². The molecule has 0 aromatic carbocycles. The van der Waals surface area contributed by atoms with Gasteiger partial charge in [0.2, 0.25) is 0 Å². The maximum atomic E-state index is 11.1. The fourth-order valence-electron chi connectivity index (χ4n) is 2.16. The largest absolute Gasteiger partial charge is 0.508 e. The number of rotatable bonds is 2. The van der Waals surface area contributed by atoms with Crippen molar-refractivity contribution >= 4 is 6.16 Å². The zero-order valence-electron chi connectivity index (χ0n) is 9.34. The molecule has 0 unspecified atom stereocenters. The second kappa shape index (κ2) is 4.67. The average Bonchev–Trinajstić information content (AvgIpc) is 2.19. The highest BCUT2D eigenvalue weighted by Crippen LogP contribution is 2.37. The van der Waals surface area contributed by atoms with E-state index in [0.29, 0.717) is 5.92 Å². The van der Waals surface area contributed by atoms with E-state index in [1.807, 2.05) is 0 Å². The Labute approximate surface area is 85.8 Å². The molecular weight excluding hydrogens is 180 g/mol. The first-order valence-electron chi connectivity index (χ1n) is 5.38. The lowest BCUT2D eigenvalue weighted by molar-refractivity contribution is -0.0761. The van der Waals surface area contributed by atoms with Crippen LogP contribution in [0.15, 0.2) is 0 Å². The van der Waals surface area contributed by atoms with Crippen molar-refractivity contribution in [3.05, 3.63) is 0 Å². The zero-order valence-corrected chi connectivity index (χ0v) is 9.34. The van der Waals surface area contributed by atoms with E-state index in [1.165, 1.54) is 13.5 Å². The molecule has 0 heterocycles. The fraction of sp³-hybridized carbons (Fsp3) is 0.909. The lowest BCUT2D eigenvalue weighted by Gasteiger charge is -2.39. The Hall–Kier alpha value is -0.730. The Morgan fingerprint density at radius 3 is 2.21 bits per heavy atom. The van der Waals surface area contributed by atoms with E-state index in [2.05, 4.69) is 18.6 Å². The van der Waals surface area contributed by atoms with Crippen molar-refractivity contribution in [3.8, 4) is 0 Å². The summed E-state index contributed by atoms with van der Waals surface area (Å²) in [5.41, 5.74) is -0.272. The molecule has 0 radical (unpaired) electrons. The van der Waals surface area contributed by atoms with Gasteiger partial charge < -0.3 is 9.47 Å². The van der Waals surface area contributed by atoms with Crippen LogP contribution in [0.25, 0.3) is 0 Å². The minimum atomic E-state index is -0.541. The number of carbonyl (C=O) groups excluding carboxylic acids is 1. The fourth-order valence-corrected chi connectivity index (χ4v) is 2.16. The van der Waals surface area contributed by atoms with E-state index in [-0.39, 0.29) is 5.60 Å². The minimum absolute atomic E-state index is 0.272. The third-order valence-corrected chi connectivity index (χ3v) is 3.21. The lowest BCUT2D eigenvalue weighted by atomic mass is 9.77. The van der Waals surface area contributed by atoms with Crippen LogP contribution in [0.1, 0.15) is 46.0 Å². The Kier molecular flexibility index (Phi) is 3.78. The van der Waals surface area contributed by atoms with Gasteiger partial charge in [0.05, 0.1) is 7.11 Å². The molecule has 0 spiro atoms. The van der Waals surface area contributed by atoms with Crippen LogP contribution in [0.5, 0.6) is 0 Å². The molecule has 1 rings (SSSR count). The Balaban J connectivity index is 2.65. The molecule has 0 atom stereocenters. The molecule has 14 heavy (non-hydrogen) atoms.